The molecule has 0 amide bonds. The predicted octanol–water partition coefficient (Wildman–Crippen LogP) is 1.71. The van der Waals surface area contributed by atoms with Gasteiger partial charge in [-0.1, -0.05) is 13.3 Å². The molecule has 21 heavy (non-hydrogen) atoms. The third-order valence-electron chi connectivity index (χ3n) is 3.67. The van der Waals surface area contributed by atoms with E-state index in [-0.39, 0.29) is 11.7 Å². The van der Waals surface area contributed by atoms with Crippen LogP contribution < -0.4 is 10.6 Å². The summed E-state index contributed by atoms with van der Waals surface area (Å²) in [5, 5.41) is 6.58. The van der Waals surface area contributed by atoms with Crippen molar-refractivity contribution < 1.29 is 8.42 Å². The van der Waals surface area contributed by atoms with Gasteiger partial charge in [0.1, 0.15) is 18.0 Å². The molecule has 0 aliphatic carbocycles. The number of aromatic nitrogens is 2. The molecule has 1 aromatic rings. The third-order valence-corrected chi connectivity index (χ3v) is 5.51. The molecule has 1 aromatic heterocycles. The lowest BCUT2D eigenvalue weighted by atomic mass is 10.1. The Morgan fingerprint density at radius 1 is 1.24 bits per heavy atom. The van der Waals surface area contributed by atoms with Crippen LogP contribution in [-0.4, -0.2) is 43.0 Å². The van der Waals surface area contributed by atoms with Crippen LogP contribution in [0, 0.1) is 5.92 Å². The summed E-state index contributed by atoms with van der Waals surface area (Å²) in [5.74, 6) is 2.48. The highest BCUT2D eigenvalue weighted by Crippen LogP contribution is 2.23. The molecule has 118 valence electrons. The fraction of sp³-hybridized carbons (Fsp3) is 0.714. The molecule has 0 saturated carbocycles. The van der Waals surface area contributed by atoms with Gasteiger partial charge >= 0.3 is 0 Å². The van der Waals surface area contributed by atoms with E-state index in [0.717, 1.165) is 43.0 Å². The molecular weight excluding hydrogens is 288 g/mol. The molecule has 0 bridgehead atoms. The minimum absolute atomic E-state index is 0.182. The summed E-state index contributed by atoms with van der Waals surface area (Å²) in [4.78, 5) is 8.62. The van der Waals surface area contributed by atoms with Crippen molar-refractivity contribution in [2.24, 2.45) is 5.92 Å². The van der Waals surface area contributed by atoms with Crippen LogP contribution in [-0.2, 0) is 16.3 Å². The second-order valence-electron chi connectivity index (χ2n) is 5.48. The van der Waals surface area contributed by atoms with Gasteiger partial charge < -0.3 is 10.6 Å². The van der Waals surface area contributed by atoms with Gasteiger partial charge in [0.2, 0.25) is 0 Å². The van der Waals surface area contributed by atoms with Gasteiger partial charge in [-0.2, -0.15) is 0 Å². The fourth-order valence-corrected chi connectivity index (χ4v) is 4.51. The van der Waals surface area contributed by atoms with Crippen molar-refractivity contribution in [2.75, 3.05) is 35.2 Å². The number of hydrogen-bond donors (Lipinski definition) is 2. The molecular formula is C14H24N4O2S. The highest BCUT2D eigenvalue weighted by atomic mass is 32.2. The quantitative estimate of drug-likeness (QED) is 0.797. The molecule has 0 aromatic carbocycles. The number of hydrogen-bond acceptors (Lipinski definition) is 6. The Hall–Kier alpha value is -1.37. The number of anilines is 2. The van der Waals surface area contributed by atoms with Crippen molar-refractivity contribution in [3.05, 3.63) is 11.9 Å². The van der Waals surface area contributed by atoms with Crippen molar-refractivity contribution in [1.29, 1.82) is 0 Å². The summed E-state index contributed by atoms with van der Waals surface area (Å²) in [5.41, 5.74) is 1.09. The molecule has 1 aliphatic heterocycles. The van der Waals surface area contributed by atoms with E-state index in [9.17, 15) is 8.42 Å². The Balaban J connectivity index is 2.06. The van der Waals surface area contributed by atoms with Gasteiger partial charge in [0, 0.05) is 18.7 Å². The van der Waals surface area contributed by atoms with Gasteiger partial charge in [-0.3, -0.25) is 0 Å². The minimum atomic E-state index is -2.82. The monoisotopic (exact) mass is 312 g/mol. The zero-order chi connectivity index (χ0) is 15.3. The van der Waals surface area contributed by atoms with Gasteiger partial charge in [-0.15, -0.1) is 0 Å². The Bertz CT molecular complexity index is 574. The van der Waals surface area contributed by atoms with Crippen LogP contribution in [0.15, 0.2) is 6.33 Å². The Morgan fingerprint density at radius 3 is 2.52 bits per heavy atom. The highest BCUT2D eigenvalue weighted by Gasteiger charge is 2.27. The minimum Gasteiger partial charge on any atom is -0.370 e. The molecule has 1 saturated heterocycles. The first-order valence-electron chi connectivity index (χ1n) is 7.57. The molecule has 0 spiro atoms. The maximum atomic E-state index is 11.5. The maximum absolute atomic E-state index is 11.5. The molecule has 1 fully saturated rings. The smallest absolute Gasteiger partial charge is 0.150 e. The van der Waals surface area contributed by atoms with Gasteiger partial charge in [0.25, 0.3) is 0 Å². The third kappa shape index (κ3) is 4.30. The van der Waals surface area contributed by atoms with Crippen molar-refractivity contribution in [3.8, 4) is 0 Å². The van der Waals surface area contributed by atoms with Crippen LogP contribution in [0.4, 0.5) is 11.6 Å². The number of nitrogens with one attached hydrogen (secondary N) is 2. The Morgan fingerprint density at radius 2 is 1.95 bits per heavy atom. The lowest BCUT2D eigenvalue weighted by molar-refractivity contribution is 0.595. The summed E-state index contributed by atoms with van der Waals surface area (Å²) >= 11 is 0. The predicted molar refractivity (Wildman–Crippen MR) is 85.4 cm³/mol. The van der Waals surface area contributed by atoms with Gasteiger partial charge in [0.15, 0.2) is 9.84 Å². The van der Waals surface area contributed by atoms with Crippen LogP contribution in [0.2, 0.25) is 0 Å². The summed E-state index contributed by atoms with van der Waals surface area (Å²) in [6.07, 6.45) is 4.20. The summed E-state index contributed by atoms with van der Waals surface area (Å²) in [7, 11) is -2.82. The van der Waals surface area contributed by atoms with E-state index < -0.39 is 9.84 Å². The van der Waals surface area contributed by atoms with Gasteiger partial charge in [-0.25, -0.2) is 18.4 Å². The van der Waals surface area contributed by atoms with Crippen LogP contribution in [0.5, 0.6) is 0 Å². The van der Waals surface area contributed by atoms with Gasteiger partial charge in [0.05, 0.1) is 11.5 Å². The molecule has 1 aliphatic rings. The number of sulfone groups is 1. The maximum Gasteiger partial charge on any atom is 0.150 e. The summed E-state index contributed by atoms with van der Waals surface area (Å²) in [6.45, 7) is 5.62. The summed E-state index contributed by atoms with van der Waals surface area (Å²) in [6, 6.07) is 0. The lowest BCUT2D eigenvalue weighted by Gasteiger charge is -2.16. The van der Waals surface area contributed by atoms with E-state index in [1.165, 1.54) is 0 Å². The fourth-order valence-electron chi connectivity index (χ4n) is 2.65. The molecule has 1 unspecified atom stereocenters. The molecule has 2 N–H and O–H groups in total. The number of rotatable bonds is 7. The van der Waals surface area contributed by atoms with Crippen molar-refractivity contribution >= 4 is 21.5 Å². The zero-order valence-corrected chi connectivity index (χ0v) is 13.5. The average Bonchev–Trinajstić information content (AvgIpc) is 2.79. The van der Waals surface area contributed by atoms with E-state index in [4.69, 9.17) is 0 Å². The highest BCUT2D eigenvalue weighted by molar-refractivity contribution is 7.91. The lowest BCUT2D eigenvalue weighted by Crippen LogP contribution is -2.18. The average molecular weight is 312 g/mol. The van der Waals surface area contributed by atoms with Crippen LogP contribution in [0.25, 0.3) is 0 Å². The van der Waals surface area contributed by atoms with Gasteiger partial charge in [-0.05, 0) is 25.7 Å². The topological polar surface area (TPSA) is 84.0 Å². The molecule has 7 heteroatoms. The first kappa shape index (κ1) is 16.0. The van der Waals surface area contributed by atoms with Crippen LogP contribution >= 0.6 is 0 Å². The second kappa shape index (κ2) is 7.06. The molecule has 0 radical (unpaired) electrons. The molecule has 6 nitrogen and oxygen atoms in total. The largest absolute Gasteiger partial charge is 0.370 e. The van der Waals surface area contributed by atoms with E-state index in [2.05, 4.69) is 27.5 Å². The van der Waals surface area contributed by atoms with E-state index in [1.807, 2.05) is 6.92 Å². The normalized spacial score (nSPS) is 20.4. The molecule has 2 rings (SSSR count). The first-order valence-corrected chi connectivity index (χ1v) is 9.40. The van der Waals surface area contributed by atoms with E-state index in [0.29, 0.717) is 12.3 Å². The molecule has 2 heterocycles. The van der Waals surface area contributed by atoms with Crippen molar-refractivity contribution in [3.63, 3.8) is 0 Å². The molecule has 1 atom stereocenters. The summed E-state index contributed by atoms with van der Waals surface area (Å²) < 4.78 is 23.0. The SMILES string of the molecule is CCCc1c(NCC)ncnc1NCC1CCS(=O)(=O)C1. The Kier molecular flexibility index (Phi) is 5.39. The van der Waals surface area contributed by atoms with Crippen molar-refractivity contribution in [1.82, 2.24) is 9.97 Å². The Labute approximate surface area is 126 Å². The van der Waals surface area contributed by atoms with Crippen LogP contribution in [0.3, 0.4) is 0 Å². The first-order chi connectivity index (χ1) is 10.1. The van der Waals surface area contributed by atoms with E-state index >= 15 is 0 Å². The standard InChI is InChI=1S/C14H24N4O2S/c1-3-5-12-13(15-4-2)17-10-18-14(12)16-8-11-6-7-21(19,20)9-11/h10-11H,3-9H2,1-2H3,(H2,15,16,17,18). The van der Waals surface area contributed by atoms with Crippen molar-refractivity contribution in [2.45, 2.75) is 33.1 Å². The zero-order valence-electron chi connectivity index (χ0n) is 12.7. The van der Waals surface area contributed by atoms with Crippen LogP contribution in [0.1, 0.15) is 32.3 Å². The number of nitrogens with zero attached hydrogens (tertiary/aromatic N) is 2. The second-order valence-corrected chi connectivity index (χ2v) is 7.71. The van der Waals surface area contributed by atoms with E-state index in [1.54, 1.807) is 6.33 Å².